The molecule has 1 aliphatic rings. The highest BCUT2D eigenvalue weighted by Crippen LogP contribution is 2.31. The van der Waals surface area contributed by atoms with Gasteiger partial charge in [0.05, 0.1) is 17.2 Å². The molecule has 0 bridgehead atoms. The molecule has 2 atom stereocenters. The largest absolute Gasteiger partial charge is 0.393 e. The quantitative estimate of drug-likeness (QED) is 0.847. The summed E-state index contributed by atoms with van der Waals surface area (Å²) in [6.45, 7) is 5.75. The van der Waals surface area contributed by atoms with E-state index in [-0.39, 0.29) is 12.0 Å². The van der Waals surface area contributed by atoms with Gasteiger partial charge in [0.1, 0.15) is 17.0 Å². The van der Waals surface area contributed by atoms with E-state index >= 15 is 0 Å². The van der Waals surface area contributed by atoms with Crippen molar-refractivity contribution in [3.8, 4) is 0 Å². The van der Waals surface area contributed by atoms with Crippen LogP contribution in [0, 0.1) is 12.8 Å². The van der Waals surface area contributed by atoms with Crippen molar-refractivity contribution in [2.24, 2.45) is 5.92 Å². The van der Waals surface area contributed by atoms with Gasteiger partial charge in [0.25, 0.3) is 0 Å². The van der Waals surface area contributed by atoms with Crippen molar-refractivity contribution in [1.82, 2.24) is 14.3 Å². The van der Waals surface area contributed by atoms with Crippen LogP contribution in [-0.4, -0.2) is 38.6 Å². The molecule has 3 heterocycles. The van der Waals surface area contributed by atoms with Crippen molar-refractivity contribution in [2.75, 3.05) is 18.0 Å². The van der Waals surface area contributed by atoms with Gasteiger partial charge in [-0.1, -0.05) is 6.92 Å². The van der Waals surface area contributed by atoms with Crippen molar-refractivity contribution in [1.29, 1.82) is 0 Å². The van der Waals surface area contributed by atoms with Crippen LogP contribution in [0.3, 0.4) is 0 Å². The topological polar surface area (TPSA) is 62.1 Å². The number of hydrogen-bond acceptors (Lipinski definition) is 6. The Morgan fingerprint density at radius 3 is 3.06 bits per heavy atom. The van der Waals surface area contributed by atoms with Crippen molar-refractivity contribution >= 4 is 27.6 Å². The Bertz CT molecular complexity index is 570. The van der Waals surface area contributed by atoms with Crippen molar-refractivity contribution in [3.63, 3.8) is 0 Å². The third kappa shape index (κ3) is 1.85. The Labute approximate surface area is 110 Å². The SMILES string of the molecule is Cc1nsc2ncnc(N3CCC(O)C(C)C3)c12. The van der Waals surface area contributed by atoms with Crippen LogP contribution in [0.1, 0.15) is 19.0 Å². The Morgan fingerprint density at radius 1 is 1.44 bits per heavy atom. The number of fused-ring (bicyclic) bond motifs is 1. The summed E-state index contributed by atoms with van der Waals surface area (Å²) in [6.07, 6.45) is 2.20. The van der Waals surface area contributed by atoms with Gasteiger partial charge in [-0.3, -0.25) is 0 Å². The summed E-state index contributed by atoms with van der Waals surface area (Å²) in [6, 6.07) is 0. The predicted molar refractivity (Wildman–Crippen MR) is 71.9 cm³/mol. The van der Waals surface area contributed by atoms with Crippen LogP contribution in [0.15, 0.2) is 6.33 Å². The van der Waals surface area contributed by atoms with E-state index in [1.54, 1.807) is 6.33 Å². The highest BCUT2D eigenvalue weighted by atomic mass is 32.1. The monoisotopic (exact) mass is 264 g/mol. The number of hydrogen-bond donors (Lipinski definition) is 1. The zero-order chi connectivity index (χ0) is 12.7. The molecular formula is C12H16N4OS. The maximum absolute atomic E-state index is 9.80. The van der Waals surface area contributed by atoms with Crippen LogP contribution in [0.5, 0.6) is 0 Å². The average molecular weight is 264 g/mol. The second kappa shape index (κ2) is 4.44. The second-order valence-electron chi connectivity index (χ2n) is 4.92. The molecule has 0 spiro atoms. The number of piperidine rings is 1. The van der Waals surface area contributed by atoms with Crippen molar-refractivity contribution in [3.05, 3.63) is 12.0 Å². The third-order valence-electron chi connectivity index (χ3n) is 3.58. The highest BCUT2D eigenvalue weighted by Gasteiger charge is 2.26. The number of aliphatic hydroxyl groups is 1. The first-order valence-electron chi connectivity index (χ1n) is 6.17. The van der Waals surface area contributed by atoms with Gasteiger partial charge in [0.15, 0.2) is 0 Å². The molecule has 1 N–H and O–H groups in total. The van der Waals surface area contributed by atoms with E-state index in [2.05, 4.69) is 26.2 Å². The molecule has 0 aliphatic carbocycles. The minimum absolute atomic E-state index is 0.194. The number of aryl methyl sites for hydroxylation is 1. The summed E-state index contributed by atoms with van der Waals surface area (Å²) in [5, 5.41) is 10.9. The summed E-state index contributed by atoms with van der Waals surface area (Å²) >= 11 is 1.42. The smallest absolute Gasteiger partial charge is 0.149 e. The first-order valence-corrected chi connectivity index (χ1v) is 6.94. The molecule has 2 aromatic heterocycles. The van der Waals surface area contributed by atoms with Crippen LogP contribution in [0.4, 0.5) is 5.82 Å². The average Bonchev–Trinajstić information content (AvgIpc) is 2.75. The van der Waals surface area contributed by atoms with Gasteiger partial charge in [-0.15, -0.1) is 0 Å². The molecule has 3 rings (SSSR count). The van der Waals surface area contributed by atoms with E-state index in [1.165, 1.54) is 11.5 Å². The summed E-state index contributed by atoms with van der Waals surface area (Å²) < 4.78 is 4.35. The standard InChI is InChI=1S/C12H16N4OS/c1-7-5-16(4-3-9(7)17)11-10-8(2)15-18-12(10)14-6-13-11/h6-7,9,17H,3-5H2,1-2H3. The van der Waals surface area contributed by atoms with Crippen LogP contribution in [0.25, 0.3) is 10.2 Å². The Kier molecular flexibility index (Phi) is 2.91. The predicted octanol–water partition coefficient (Wildman–Crippen LogP) is 1.60. The first kappa shape index (κ1) is 11.8. The molecule has 18 heavy (non-hydrogen) atoms. The zero-order valence-corrected chi connectivity index (χ0v) is 11.3. The highest BCUT2D eigenvalue weighted by molar-refractivity contribution is 7.13. The molecule has 0 radical (unpaired) electrons. The van der Waals surface area contributed by atoms with Gasteiger partial charge in [0.2, 0.25) is 0 Å². The zero-order valence-electron chi connectivity index (χ0n) is 10.5. The van der Waals surface area contributed by atoms with Gasteiger partial charge >= 0.3 is 0 Å². The Balaban J connectivity index is 2.01. The van der Waals surface area contributed by atoms with Gasteiger partial charge in [-0.25, -0.2) is 9.97 Å². The fourth-order valence-electron chi connectivity index (χ4n) is 2.47. The van der Waals surface area contributed by atoms with Gasteiger partial charge in [-0.05, 0) is 30.8 Å². The molecule has 1 fully saturated rings. The lowest BCUT2D eigenvalue weighted by atomic mass is 9.96. The summed E-state index contributed by atoms with van der Waals surface area (Å²) in [7, 11) is 0. The van der Waals surface area contributed by atoms with E-state index in [0.717, 1.165) is 41.2 Å². The van der Waals surface area contributed by atoms with E-state index in [4.69, 9.17) is 0 Å². The summed E-state index contributed by atoms with van der Waals surface area (Å²) in [5.41, 5.74) is 0.990. The first-order chi connectivity index (χ1) is 8.66. The maximum atomic E-state index is 9.80. The minimum Gasteiger partial charge on any atom is -0.393 e. The number of nitrogens with zero attached hydrogens (tertiary/aromatic N) is 4. The lowest BCUT2D eigenvalue weighted by molar-refractivity contribution is 0.0969. The van der Waals surface area contributed by atoms with E-state index in [0.29, 0.717) is 0 Å². The van der Waals surface area contributed by atoms with Crippen LogP contribution in [0.2, 0.25) is 0 Å². The van der Waals surface area contributed by atoms with Crippen LogP contribution < -0.4 is 4.90 Å². The fourth-order valence-corrected chi connectivity index (χ4v) is 3.21. The molecule has 1 saturated heterocycles. The molecule has 0 amide bonds. The number of aromatic nitrogens is 3. The molecule has 2 unspecified atom stereocenters. The van der Waals surface area contributed by atoms with Crippen LogP contribution >= 0.6 is 11.5 Å². The second-order valence-corrected chi connectivity index (χ2v) is 5.68. The number of aliphatic hydroxyl groups excluding tert-OH is 1. The summed E-state index contributed by atoms with van der Waals surface area (Å²) in [5.74, 6) is 1.24. The van der Waals surface area contributed by atoms with Crippen molar-refractivity contribution < 1.29 is 5.11 Å². The van der Waals surface area contributed by atoms with Crippen LogP contribution in [-0.2, 0) is 0 Å². The van der Waals surface area contributed by atoms with E-state index in [1.807, 2.05) is 6.92 Å². The minimum atomic E-state index is -0.194. The molecule has 0 aromatic carbocycles. The van der Waals surface area contributed by atoms with Gasteiger partial charge in [-0.2, -0.15) is 4.37 Å². The molecular weight excluding hydrogens is 248 g/mol. The summed E-state index contributed by atoms with van der Waals surface area (Å²) in [4.78, 5) is 11.9. The normalized spacial score (nSPS) is 24.7. The Hall–Kier alpha value is -1.27. The van der Waals surface area contributed by atoms with E-state index in [9.17, 15) is 5.11 Å². The molecule has 0 saturated carbocycles. The fraction of sp³-hybridized carbons (Fsp3) is 0.583. The molecule has 5 nitrogen and oxygen atoms in total. The molecule has 96 valence electrons. The van der Waals surface area contributed by atoms with E-state index < -0.39 is 0 Å². The molecule has 6 heteroatoms. The Morgan fingerprint density at radius 2 is 2.28 bits per heavy atom. The third-order valence-corrected chi connectivity index (χ3v) is 4.43. The lowest BCUT2D eigenvalue weighted by Crippen LogP contribution is -2.42. The molecule has 2 aromatic rings. The molecule has 1 aliphatic heterocycles. The van der Waals surface area contributed by atoms with Gasteiger partial charge < -0.3 is 10.0 Å². The number of anilines is 1. The lowest BCUT2D eigenvalue weighted by Gasteiger charge is -2.35. The van der Waals surface area contributed by atoms with Crippen molar-refractivity contribution in [2.45, 2.75) is 26.4 Å². The van der Waals surface area contributed by atoms with Gasteiger partial charge in [0, 0.05) is 13.1 Å². The maximum Gasteiger partial charge on any atom is 0.149 e. The number of rotatable bonds is 1.